The Hall–Kier alpha value is -2.01. The van der Waals surface area contributed by atoms with Gasteiger partial charge in [0, 0.05) is 11.9 Å². The number of methoxy groups -OCH3 is 1. The maximum atomic E-state index is 11.9. The van der Waals surface area contributed by atoms with Crippen molar-refractivity contribution in [2.45, 2.75) is 6.92 Å². The normalized spacial score (nSPS) is 10.2. The van der Waals surface area contributed by atoms with E-state index in [0.717, 1.165) is 0 Å². The molecule has 0 saturated carbocycles. The summed E-state index contributed by atoms with van der Waals surface area (Å²) in [6.45, 7) is 1.66. The van der Waals surface area contributed by atoms with E-state index in [9.17, 15) is 4.79 Å². The highest BCUT2D eigenvalue weighted by atomic mass is 35.5. The van der Waals surface area contributed by atoms with Crippen LogP contribution >= 0.6 is 11.6 Å². The summed E-state index contributed by atoms with van der Waals surface area (Å²) < 4.78 is 10.2. The molecule has 0 bridgehead atoms. The number of halogens is 1. The standard InChI is InChI=1S/C12H11ClN2O3/c1-7-14-6-11(18-7)12(16)15-9-5-8(13)3-4-10(9)17-2/h3-6H,1-2H3,(H,15,16). The Morgan fingerprint density at radius 3 is 2.89 bits per heavy atom. The monoisotopic (exact) mass is 266 g/mol. The molecule has 2 rings (SSSR count). The van der Waals surface area contributed by atoms with E-state index in [-0.39, 0.29) is 5.76 Å². The van der Waals surface area contributed by atoms with Crippen molar-refractivity contribution in [3.8, 4) is 5.75 Å². The van der Waals surface area contributed by atoms with Crippen LogP contribution in [0, 0.1) is 6.92 Å². The van der Waals surface area contributed by atoms with E-state index >= 15 is 0 Å². The molecule has 0 spiro atoms. The number of ether oxygens (including phenoxy) is 1. The van der Waals surface area contributed by atoms with Gasteiger partial charge in [0.05, 0.1) is 19.0 Å². The lowest BCUT2D eigenvalue weighted by atomic mass is 10.3. The lowest BCUT2D eigenvalue weighted by molar-refractivity contribution is 0.0995. The van der Waals surface area contributed by atoms with E-state index in [4.69, 9.17) is 20.8 Å². The lowest BCUT2D eigenvalue weighted by Crippen LogP contribution is -2.11. The third-order valence-corrected chi connectivity index (χ3v) is 2.49. The molecule has 94 valence electrons. The molecule has 18 heavy (non-hydrogen) atoms. The molecule has 1 aromatic heterocycles. The number of nitrogens with one attached hydrogen (secondary N) is 1. The summed E-state index contributed by atoms with van der Waals surface area (Å²) in [6.07, 6.45) is 1.36. The Morgan fingerprint density at radius 2 is 2.28 bits per heavy atom. The predicted molar refractivity (Wildman–Crippen MR) is 67.2 cm³/mol. The molecule has 0 aliphatic heterocycles. The first-order valence-electron chi connectivity index (χ1n) is 5.17. The number of carbonyl (C=O) groups excluding carboxylic acids is 1. The van der Waals surface area contributed by atoms with E-state index in [1.807, 2.05) is 0 Å². The van der Waals surface area contributed by atoms with Crippen molar-refractivity contribution in [3.63, 3.8) is 0 Å². The number of rotatable bonds is 3. The third-order valence-electron chi connectivity index (χ3n) is 2.25. The van der Waals surface area contributed by atoms with Gasteiger partial charge in [-0.25, -0.2) is 4.98 Å². The summed E-state index contributed by atoms with van der Waals surface area (Å²) in [7, 11) is 1.51. The quantitative estimate of drug-likeness (QED) is 0.928. The minimum absolute atomic E-state index is 0.134. The Balaban J connectivity index is 2.23. The van der Waals surface area contributed by atoms with E-state index < -0.39 is 5.91 Å². The number of amides is 1. The molecular weight excluding hydrogens is 256 g/mol. The fourth-order valence-electron chi connectivity index (χ4n) is 1.43. The zero-order valence-electron chi connectivity index (χ0n) is 9.86. The molecule has 1 heterocycles. The number of oxazole rings is 1. The SMILES string of the molecule is COc1ccc(Cl)cc1NC(=O)c1cnc(C)o1. The molecule has 0 unspecified atom stereocenters. The van der Waals surface area contributed by atoms with Crippen molar-refractivity contribution < 1.29 is 13.9 Å². The zero-order chi connectivity index (χ0) is 13.1. The van der Waals surface area contributed by atoms with Gasteiger partial charge >= 0.3 is 0 Å². The average molecular weight is 267 g/mol. The van der Waals surface area contributed by atoms with Crippen molar-refractivity contribution in [3.05, 3.63) is 41.1 Å². The van der Waals surface area contributed by atoms with Crippen molar-refractivity contribution >= 4 is 23.2 Å². The molecular formula is C12H11ClN2O3. The number of hydrogen-bond acceptors (Lipinski definition) is 4. The van der Waals surface area contributed by atoms with Gasteiger partial charge in [-0.15, -0.1) is 0 Å². The van der Waals surface area contributed by atoms with Crippen LogP contribution in [0.1, 0.15) is 16.4 Å². The highest BCUT2D eigenvalue weighted by Gasteiger charge is 2.13. The summed E-state index contributed by atoms with van der Waals surface area (Å²) >= 11 is 5.86. The number of carbonyl (C=O) groups is 1. The second kappa shape index (κ2) is 5.10. The second-order valence-corrected chi connectivity index (χ2v) is 3.98. The number of aryl methyl sites for hydroxylation is 1. The van der Waals surface area contributed by atoms with Crippen LogP contribution in [-0.2, 0) is 0 Å². The minimum atomic E-state index is -0.406. The van der Waals surface area contributed by atoms with Gasteiger partial charge < -0.3 is 14.5 Å². The molecule has 0 aliphatic carbocycles. The number of aromatic nitrogens is 1. The molecule has 1 N–H and O–H groups in total. The molecule has 0 radical (unpaired) electrons. The zero-order valence-corrected chi connectivity index (χ0v) is 10.6. The largest absolute Gasteiger partial charge is 0.495 e. The first-order chi connectivity index (χ1) is 8.60. The highest BCUT2D eigenvalue weighted by Crippen LogP contribution is 2.28. The van der Waals surface area contributed by atoms with Crippen LogP contribution in [0.2, 0.25) is 5.02 Å². The van der Waals surface area contributed by atoms with Crippen molar-refractivity contribution in [1.29, 1.82) is 0 Å². The molecule has 6 heteroatoms. The highest BCUT2D eigenvalue weighted by molar-refractivity contribution is 6.31. The lowest BCUT2D eigenvalue weighted by Gasteiger charge is -2.09. The van der Waals surface area contributed by atoms with Crippen LogP contribution in [0.15, 0.2) is 28.8 Å². The van der Waals surface area contributed by atoms with Crippen LogP contribution in [0.3, 0.4) is 0 Å². The van der Waals surface area contributed by atoms with Crippen LogP contribution in [0.25, 0.3) is 0 Å². The predicted octanol–water partition coefficient (Wildman–Crippen LogP) is 2.90. The average Bonchev–Trinajstić information content (AvgIpc) is 2.76. The topological polar surface area (TPSA) is 64.4 Å². The summed E-state index contributed by atoms with van der Waals surface area (Å²) in [5, 5.41) is 3.15. The van der Waals surface area contributed by atoms with Gasteiger partial charge in [0.15, 0.2) is 5.89 Å². The fraction of sp³-hybridized carbons (Fsp3) is 0.167. The van der Waals surface area contributed by atoms with Crippen LogP contribution in [0.4, 0.5) is 5.69 Å². The summed E-state index contributed by atoms with van der Waals surface area (Å²) in [5.74, 6) is 0.674. The van der Waals surface area contributed by atoms with E-state index in [1.165, 1.54) is 13.3 Å². The van der Waals surface area contributed by atoms with E-state index in [1.54, 1.807) is 25.1 Å². The molecule has 0 saturated heterocycles. The fourth-order valence-corrected chi connectivity index (χ4v) is 1.60. The van der Waals surface area contributed by atoms with Crippen molar-refractivity contribution in [1.82, 2.24) is 4.98 Å². The van der Waals surface area contributed by atoms with Crippen LogP contribution in [0.5, 0.6) is 5.75 Å². The van der Waals surface area contributed by atoms with Crippen molar-refractivity contribution in [2.75, 3.05) is 12.4 Å². The number of anilines is 1. The van der Waals surface area contributed by atoms with Gasteiger partial charge in [-0.3, -0.25) is 4.79 Å². The van der Waals surface area contributed by atoms with Gasteiger partial charge in [0.1, 0.15) is 5.75 Å². The summed E-state index contributed by atoms with van der Waals surface area (Å²) in [5.41, 5.74) is 0.476. The second-order valence-electron chi connectivity index (χ2n) is 3.54. The van der Waals surface area contributed by atoms with Gasteiger partial charge in [-0.2, -0.15) is 0 Å². The molecule has 2 aromatic rings. The van der Waals surface area contributed by atoms with Crippen LogP contribution in [-0.4, -0.2) is 18.0 Å². The Morgan fingerprint density at radius 1 is 1.50 bits per heavy atom. The molecule has 1 amide bonds. The number of hydrogen-bond donors (Lipinski definition) is 1. The Labute approximate surface area is 109 Å². The van der Waals surface area contributed by atoms with E-state index in [2.05, 4.69) is 10.3 Å². The third kappa shape index (κ3) is 2.62. The maximum Gasteiger partial charge on any atom is 0.293 e. The van der Waals surface area contributed by atoms with E-state index in [0.29, 0.717) is 22.4 Å². The molecule has 0 atom stereocenters. The molecule has 0 aliphatic rings. The molecule has 0 fully saturated rings. The van der Waals surface area contributed by atoms with Crippen LogP contribution < -0.4 is 10.1 Å². The molecule has 1 aromatic carbocycles. The van der Waals surface area contributed by atoms with Gasteiger partial charge in [0.2, 0.25) is 5.76 Å². The maximum absolute atomic E-state index is 11.9. The Bertz CT molecular complexity index is 580. The van der Waals surface area contributed by atoms with Gasteiger partial charge in [-0.1, -0.05) is 11.6 Å². The first-order valence-corrected chi connectivity index (χ1v) is 5.55. The summed E-state index contributed by atoms with van der Waals surface area (Å²) in [4.78, 5) is 15.7. The first kappa shape index (κ1) is 12.4. The summed E-state index contributed by atoms with van der Waals surface area (Å²) in [6, 6.07) is 4.94. The molecule has 5 nitrogen and oxygen atoms in total. The number of benzene rings is 1. The van der Waals surface area contributed by atoms with Crippen molar-refractivity contribution in [2.24, 2.45) is 0 Å². The Kier molecular flexibility index (Phi) is 3.53. The van der Waals surface area contributed by atoms with Gasteiger partial charge in [0.25, 0.3) is 5.91 Å². The minimum Gasteiger partial charge on any atom is -0.495 e. The van der Waals surface area contributed by atoms with Gasteiger partial charge in [-0.05, 0) is 18.2 Å². The number of nitrogens with zero attached hydrogens (tertiary/aromatic N) is 1. The smallest absolute Gasteiger partial charge is 0.293 e.